The van der Waals surface area contributed by atoms with Gasteiger partial charge in [0.15, 0.2) is 5.78 Å². The highest BCUT2D eigenvalue weighted by Crippen LogP contribution is 2.27. The van der Waals surface area contributed by atoms with Crippen molar-refractivity contribution in [2.45, 2.75) is 26.2 Å². The molecule has 1 N–H and O–H groups in total. The molecule has 0 heterocycles. The molecule has 3 rings (SSSR count). The Kier molecular flexibility index (Phi) is 7.90. The van der Waals surface area contributed by atoms with Crippen LogP contribution in [0.15, 0.2) is 78.9 Å². The summed E-state index contributed by atoms with van der Waals surface area (Å²) in [6.45, 7) is 6.30. The van der Waals surface area contributed by atoms with Crippen molar-refractivity contribution in [1.82, 2.24) is 0 Å². The van der Waals surface area contributed by atoms with Crippen LogP contribution in [-0.2, 0) is 10.2 Å². The van der Waals surface area contributed by atoms with Gasteiger partial charge in [-0.2, -0.15) is 0 Å². The van der Waals surface area contributed by atoms with Gasteiger partial charge in [0.2, 0.25) is 5.91 Å². The van der Waals surface area contributed by atoms with Crippen molar-refractivity contribution in [3.05, 3.63) is 95.6 Å². The number of allylic oxidation sites excluding steroid dienone is 1. The first kappa shape index (κ1) is 24.8. The Balaban J connectivity index is 1.63. The molecular weight excluding hydrogens is 424 g/mol. The molecule has 0 saturated carbocycles. The summed E-state index contributed by atoms with van der Waals surface area (Å²) in [5.41, 5.74) is 3.42. The highest BCUT2D eigenvalue weighted by atomic mass is 16.5. The maximum atomic E-state index is 13.0. The molecule has 176 valence electrons. The first-order valence-corrected chi connectivity index (χ1v) is 11.4. The van der Waals surface area contributed by atoms with Gasteiger partial charge in [-0.25, -0.2) is 0 Å². The maximum Gasteiger partial charge on any atom is 0.234 e. The molecule has 0 fully saturated rings. The van der Waals surface area contributed by atoms with Crippen molar-refractivity contribution in [3.63, 3.8) is 0 Å². The predicted molar refractivity (Wildman–Crippen MR) is 140 cm³/mol. The van der Waals surface area contributed by atoms with E-state index < -0.39 is 5.41 Å². The standard InChI is InChI=1S/C29H32N2O3/c1-6-34-26-18-12-23(13-19-26)29(2,3)28(33)30-24-14-10-22(11-15-24)27(32)20-9-21-7-16-25(17-8-21)31(4)5/h7-20H,6H2,1-5H3,(H,30,33). The Morgan fingerprint density at radius 2 is 1.53 bits per heavy atom. The van der Waals surface area contributed by atoms with Crippen LogP contribution in [0.2, 0.25) is 0 Å². The van der Waals surface area contributed by atoms with Crippen LogP contribution in [-0.4, -0.2) is 32.4 Å². The molecule has 5 nitrogen and oxygen atoms in total. The van der Waals surface area contributed by atoms with E-state index in [0.29, 0.717) is 17.9 Å². The Morgan fingerprint density at radius 3 is 2.09 bits per heavy atom. The number of hydrogen-bond donors (Lipinski definition) is 1. The van der Waals surface area contributed by atoms with E-state index in [0.717, 1.165) is 22.6 Å². The van der Waals surface area contributed by atoms with Crippen LogP contribution in [0.25, 0.3) is 6.08 Å². The Labute approximate surface area is 202 Å². The molecule has 0 aromatic heterocycles. The van der Waals surface area contributed by atoms with E-state index in [-0.39, 0.29) is 11.7 Å². The number of carbonyl (C=O) groups excluding carboxylic acids is 2. The molecule has 0 bridgehead atoms. The summed E-state index contributed by atoms with van der Waals surface area (Å²) in [4.78, 5) is 27.5. The monoisotopic (exact) mass is 456 g/mol. The van der Waals surface area contributed by atoms with Crippen LogP contribution < -0.4 is 15.0 Å². The number of rotatable bonds is 9. The molecule has 0 saturated heterocycles. The maximum absolute atomic E-state index is 13.0. The van der Waals surface area contributed by atoms with Crippen LogP contribution in [0.1, 0.15) is 42.3 Å². The fourth-order valence-electron chi connectivity index (χ4n) is 3.42. The lowest BCUT2D eigenvalue weighted by Gasteiger charge is -2.24. The SMILES string of the molecule is CCOc1ccc(C(C)(C)C(=O)Nc2ccc(C(=O)C=Cc3ccc(N(C)C)cc3)cc2)cc1. The quantitative estimate of drug-likeness (QED) is 0.319. The zero-order valence-electron chi connectivity index (χ0n) is 20.5. The molecule has 0 atom stereocenters. The summed E-state index contributed by atoms with van der Waals surface area (Å²) in [6.07, 6.45) is 3.37. The second kappa shape index (κ2) is 10.8. The van der Waals surface area contributed by atoms with Crippen LogP contribution in [0.3, 0.4) is 0 Å². The number of hydrogen-bond acceptors (Lipinski definition) is 4. The van der Waals surface area contributed by atoms with E-state index >= 15 is 0 Å². The minimum Gasteiger partial charge on any atom is -0.494 e. The van der Waals surface area contributed by atoms with E-state index in [4.69, 9.17) is 4.74 Å². The third kappa shape index (κ3) is 6.13. The number of anilines is 2. The number of ketones is 1. The molecule has 3 aromatic carbocycles. The van der Waals surface area contributed by atoms with Gasteiger partial charge in [-0.05, 0) is 86.5 Å². The summed E-state index contributed by atoms with van der Waals surface area (Å²) >= 11 is 0. The lowest BCUT2D eigenvalue weighted by atomic mass is 9.83. The van der Waals surface area contributed by atoms with Gasteiger partial charge in [0.25, 0.3) is 0 Å². The zero-order valence-corrected chi connectivity index (χ0v) is 20.5. The number of nitrogens with zero attached hydrogens (tertiary/aromatic N) is 1. The van der Waals surface area contributed by atoms with E-state index in [9.17, 15) is 9.59 Å². The Bertz CT molecular complexity index is 1140. The molecule has 34 heavy (non-hydrogen) atoms. The summed E-state index contributed by atoms with van der Waals surface area (Å²) in [5.74, 6) is 0.559. The molecule has 1 amide bonds. The van der Waals surface area contributed by atoms with Gasteiger partial charge in [0.1, 0.15) is 5.75 Å². The highest BCUT2D eigenvalue weighted by Gasteiger charge is 2.29. The van der Waals surface area contributed by atoms with Crippen LogP contribution in [0, 0.1) is 0 Å². The number of carbonyl (C=O) groups is 2. The highest BCUT2D eigenvalue weighted by molar-refractivity contribution is 6.07. The van der Waals surface area contributed by atoms with Gasteiger partial charge in [-0.3, -0.25) is 9.59 Å². The summed E-state index contributed by atoms with van der Waals surface area (Å²) in [7, 11) is 3.98. The predicted octanol–water partition coefficient (Wildman–Crippen LogP) is 5.96. The minimum absolute atomic E-state index is 0.0933. The first-order valence-electron chi connectivity index (χ1n) is 11.4. The van der Waals surface area contributed by atoms with Gasteiger partial charge < -0.3 is 15.0 Å². The number of ether oxygens (including phenoxy) is 1. The molecule has 0 spiro atoms. The van der Waals surface area contributed by atoms with Crippen LogP contribution in [0.5, 0.6) is 5.75 Å². The van der Waals surface area contributed by atoms with E-state index in [2.05, 4.69) is 5.32 Å². The van der Waals surface area contributed by atoms with Gasteiger partial charge in [-0.1, -0.05) is 30.3 Å². The molecule has 0 unspecified atom stereocenters. The second-order valence-corrected chi connectivity index (χ2v) is 8.80. The average Bonchev–Trinajstić information content (AvgIpc) is 2.83. The normalized spacial score (nSPS) is 11.3. The smallest absolute Gasteiger partial charge is 0.234 e. The van der Waals surface area contributed by atoms with Gasteiger partial charge >= 0.3 is 0 Å². The van der Waals surface area contributed by atoms with E-state index in [1.165, 1.54) is 0 Å². The molecule has 0 aliphatic rings. The fraction of sp³-hybridized carbons (Fsp3) is 0.241. The van der Waals surface area contributed by atoms with Gasteiger partial charge in [0, 0.05) is 31.0 Å². The number of nitrogens with one attached hydrogen (secondary N) is 1. The average molecular weight is 457 g/mol. The third-order valence-corrected chi connectivity index (χ3v) is 5.72. The Morgan fingerprint density at radius 1 is 0.912 bits per heavy atom. The van der Waals surface area contributed by atoms with Crippen molar-refractivity contribution in [3.8, 4) is 5.75 Å². The minimum atomic E-state index is -0.732. The van der Waals surface area contributed by atoms with Gasteiger partial charge in [-0.15, -0.1) is 0 Å². The summed E-state index contributed by atoms with van der Waals surface area (Å²) in [6, 6.07) is 22.5. The first-order chi connectivity index (χ1) is 16.2. The lowest BCUT2D eigenvalue weighted by Crippen LogP contribution is -2.34. The molecule has 0 radical (unpaired) electrons. The molecule has 3 aromatic rings. The summed E-state index contributed by atoms with van der Waals surface area (Å²) < 4.78 is 5.48. The van der Waals surface area contributed by atoms with Crippen molar-refractivity contribution >= 4 is 29.1 Å². The zero-order chi connectivity index (χ0) is 24.7. The number of benzene rings is 3. The van der Waals surface area contributed by atoms with E-state index in [1.807, 2.05) is 88.3 Å². The molecule has 0 aliphatic carbocycles. The Hall–Kier alpha value is -3.86. The van der Waals surface area contributed by atoms with Crippen LogP contribution in [0.4, 0.5) is 11.4 Å². The topological polar surface area (TPSA) is 58.6 Å². The molecular formula is C29H32N2O3. The largest absolute Gasteiger partial charge is 0.494 e. The van der Waals surface area contributed by atoms with Gasteiger partial charge in [0.05, 0.1) is 12.0 Å². The fourth-order valence-corrected chi connectivity index (χ4v) is 3.42. The van der Waals surface area contributed by atoms with Crippen molar-refractivity contribution in [1.29, 1.82) is 0 Å². The molecule has 0 aliphatic heterocycles. The van der Waals surface area contributed by atoms with Crippen molar-refractivity contribution in [2.24, 2.45) is 0 Å². The second-order valence-electron chi connectivity index (χ2n) is 8.80. The van der Waals surface area contributed by atoms with E-state index in [1.54, 1.807) is 36.4 Å². The van der Waals surface area contributed by atoms with Crippen molar-refractivity contribution < 1.29 is 14.3 Å². The molecule has 5 heteroatoms. The van der Waals surface area contributed by atoms with Crippen molar-refractivity contribution in [2.75, 3.05) is 30.9 Å². The third-order valence-electron chi connectivity index (χ3n) is 5.72. The lowest BCUT2D eigenvalue weighted by molar-refractivity contribution is -0.120. The number of amides is 1. The van der Waals surface area contributed by atoms with Crippen LogP contribution >= 0.6 is 0 Å². The summed E-state index contributed by atoms with van der Waals surface area (Å²) in [5, 5.41) is 2.96.